The van der Waals surface area contributed by atoms with Gasteiger partial charge in [0.2, 0.25) is 0 Å². The molecule has 0 saturated carbocycles. The highest BCUT2D eigenvalue weighted by atomic mass is 79.9. The molecule has 2 rings (SSSR count). The number of amides is 1. The molecule has 0 aromatic heterocycles. The van der Waals surface area contributed by atoms with Crippen molar-refractivity contribution in [2.75, 3.05) is 13.1 Å². The number of rotatable bonds is 2. The second kappa shape index (κ2) is 7.43. The van der Waals surface area contributed by atoms with Crippen molar-refractivity contribution in [1.29, 1.82) is 0 Å². The van der Waals surface area contributed by atoms with Crippen LogP contribution in [0.2, 0.25) is 0 Å². The van der Waals surface area contributed by atoms with Crippen LogP contribution < -0.4 is 5.73 Å². The molecule has 112 valence electrons. The summed E-state index contributed by atoms with van der Waals surface area (Å²) in [6.45, 7) is 5.66. The van der Waals surface area contributed by atoms with Crippen LogP contribution in [0.15, 0.2) is 22.7 Å². The van der Waals surface area contributed by atoms with E-state index in [2.05, 4.69) is 15.9 Å². The zero-order chi connectivity index (χ0) is 14.0. The highest BCUT2D eigenvalue weighted by Crippen LogP contribution is 2.24. The number of carbonyl (C=O) groups excluding carboxylic acids is 1. The third-order valence-electron chi connectivity index (χ3n) is 3.84. The number of halogens is 2. The Kier molecular flexibility index (Phi) is 6.49. The van der Waals surface area contributed by atoms with Crippen LogP contribution in [-0.2, 0) is 0 Å². The van der Waals surface area contributed by atoms with Crippen molar-refractivity contribution in [2.24, 2.45) is 11.7 Å². The van der Waals surface area contributed by atoms with Gasteiger partial charge in [0.25, 0.3) is 5.91 Å². The summed E-state index contributed by atoms with van der Waals surface area (Å²) >= 11 is 3.49. The quantitative estimate of drug-likeness (QED) is 0.878. The van der Waals surface area contributed by atoms with Gasteiger partial charge in [-0.1, -0.05) is 6.07 Å². The van der Waals surface area contributed by atoms with Crippen LogP contribution in [-0.4, -0.2) is 29.9 Å². The summed E-state index contributed by atoms with van der Waals surface area (Å²) in [5.41, 5.74) is 7.87. The minimum atomic E-state index is 0. The molecule has 1 aromatic carbocycles. The molecule has 3 nitrogen and oxygen atoms in total. The Morgan fingerprint density at radius 2 is 2.20 bits per heavy atom. The first kappa shape index (κ1) is 17.5. The van der Waals surface area contributed by atoms with E-state index in [4.69, 9.17) is 5.73 Å². The summed E-state index contributed by atoms with van der Waals surface area (Å²) in [6.07, 6.45) is 2.16. The lowest BCUT2D eigenvalue weighted by atomic mass is 9.92. The monoisotopic (exact) mass is 360 g/mol. The fourth-order valence-corrected chi connectivity index (χ4v) is 3.25. The summed E-state index contributed by atoms with van der Waals surface area (Å²) in [5, 5.41) is 0. The minimum Gasteiger partial charge on any atom is -0.338 e. The van der Waals surface area contributed by atoms with Gasteiger partial charge in [0, 0.05) is 23.6 Å². The molecule has 1 aliphatic heterocycles. The largest absolute Gasteiger partial charge is 0.338 e. The van der Waals surface area contributed by atoms with Crippen molar-refractivity contribution in [3.63, 3.8) is 0 Å². The Bertz CT molecular complexity index is 479. The summed E-state index contributed by atoms with van der Waals surface area (Å²) < 4.78 is 0.875. The van der Waals surface area contributed by atoms with Gasteiger partial charge in [0.15, 0.2) is 0 Å². The van der Waals surface area contributed by atoms with Gasteiger partial charge in [-0.25, -0.2) is 0 Å². The van der Waals surface area contributed by atoms with Crippen LogP contribution in [0.4, 0.5) is 0 Å². The van der Waals surface area contributed by atoms with E-state index in [1.165, 1.54) is 0 Å². The number of benzene rings is 1. The maximum Gasteiger partial charge on any atom is 0.255 e. The van der Waals surface area contributed by atoms with Crippen LogP contribution in [0, 0.1) is 12.8 Å². The number of piperidine rings is 1. The molecule has 1 heterocycles. The molecule has 1 amide bonds. The number of aryl methyl sites for hydroxylation is 1. The summed E-state index contributed by atoms with van der Waals surface area (Å²) in [7, 11) is 0. The highest BCUT2D eigenvalue weighted by Gasteiger charge is 2.27. The van der Waals surface area contributed by atoms with Crippen molar-refractivity contribution in [1.82, 2.24) is 4.90 Å². The third-order valence-corrected chi connectivity index (χ3v) is 4.50. The first-order valence-corrected chi connectivity index (χ1v) is 7.59. The molecule has 1 fully saturated rings. The van der Waals surface area contributed by atoms with Gasteiger partial charge in [-0.05, 0) is 66.2 Å². The smallest absolute Gasteiger partial charge is 0.255 e. The number of nitrogens with two attached hydrogens (primary N) is 1. The van der Waals surface area contributed by atoms with E-state index in [9.17, 15) is 4.79 Å². The van der Waals surface area contributed by atoms with E-state index < -0.39 is 0 Å². The fourth-order valence-electron chi connectivity index (χ4n) is 2.59. The highest BCUT2D eigenvalue weighted by molar-refractivity contribution is 9.10. The molecule has 0 bridgehead atoms. The Labute approximate surface area is 135 Å². The van der Waals surface area contributed by atoms with Gasteiger partial charge in [-0.2, -0.15) is 0 Å². The normalized spacial score (nSPS) is 20.2. The molecule has 1 saturated heterocycles. The molecule has 2 N–H and O–H groups in total. The molecule has 2 unspecified atom stereocenters. The molecular formula is C15H22BrClN2O. The average molecular weight is 362 g/mol. The van der Waals surface area contributed by atoms with E-state index >= 15 is 0 Å². The molecule has 5 heteroatoms. The molecule has 0 spiro atoms. The number of likely N-dealkylation sites (tertiary alicyclic amines) is 1. The predicted molar refractivity (Wildman–Crippen MR) is 88.4 cm³/mol. The summed E-state index contributed by atoms with van der Waals surface area (Å²) in [6, 6.07) is 6.01. The lowest BCUT2D eigenvalue weighted by Crippen LogP contribution is -2.45. The van der Waals surface area contributed by atoms with E-state index in [1.54, 1.807) is 0 Å². The Morgan fingerprint density at radius 3 is 2.80 bits per heavy atom. The first-order valence-electron chi connectivity index (χ1n) is 6.80. The van der Waals surface area contributed by atoms with Gasteiger partial charge in [0.1, 0.15) is 0 Å². The third kappa shape index (κ3) is 3.96. The Hall–Kier alpha value is -0.580. The van der Waals surface area contributed by atoms with Crippen molar-refractivity contribution in [2.45, 2.75) is 32.7 Å². The van der Waals surface area contributed by atoms with Crippen LogP contribution in [0.5, 0.6) is 0 Å². The predicted octanol–water partition coefficient (Wildman–Crippen LogP) is 3.38. The number of carbonyl (C=O) groups is 1. The van der Waals surface area contributed by atoms with Crippen LogP contribution in [0.25, 0.3) is 0 Å². The van der Waals surface area contributed by atoms with Crippen LogP contribution >= 0.6 is 28.3 Å². The van der Waals surface area contributed by atoms with Crippen molar-refractivity contribution in [3.8, 4) is 0 Å². The van der Waals surface area contributed by atoms with Gasteiger partial charge in [0.05, 0.1) is 5.56 Å². The average Bonchev–Trinajstić information content (AvgIpc) is 2.38. The standard InChI is InChI=1S/C15H21BrN2O.ClH/c1-10-5-6-13(14(16)8-10)15(19)18-7-3-4-12(9-18)11(2)17;/h5-6,8,11-12H,3-4,7,9,17H2,1-2H3;1H. The van der Waals surface area contributed by atoms with Crippen LogP contribution in [0.1, 0.15) is 35.7 Å². The van der Waals surface area contributed by atoms with E-state index in [1.807, 2.05) is 36.9 Å². The number of hydrogen-bond acceptors (Lipinski definition) is 2. The zero-order valence-electron chi connectivity index (χ0n) is 11.9. The maximum absolute atomic E-state index is 12.6. The van der Waals surface area contributed by atoms with E-state index in [0.29, 0.717) is 5.92 Å². The molecule has 2 atom stereocenters. The first-order chi connectivity index (χ1) is 8.99. The van der Waals surface area contributed by atoms with Crippen molar-refractivity contribution in [3.05, 3.63) is 33.8 Å². The molecular weight excluding hydrogens is 340 g/mol. The molecule has 0 aliphatic carbocycles. The lowest BCUT2D eigenvalue weighted by molar-refractivity contribution is 0.0660. The van der Waals surface area contributed by atoms with Crippen LogP contribution in [0.3, 0.4) is 0 Å². The van der Waals surface area contributed by atoms with Gasteiger partial charge < -0.3 is 10.6 Å². The second-order valence-corrected chi connectivity index (χ2v) is 6.35. The van der Waals surface area contributed by atoms with Gasteiger partial charge in [-0.3, -0.25) is 4.79 Å². The number of hydrogen-bond donors (Lipinski definition) is 1. The maximum atomic E-state index is 12.6. The topological polar surface area (TPSA) is 46.3 Å². The Morgan fingerprint density at radius 1 is 1.50 bits per heavy atom. The van der Waals surface area contributed by atoms with E-state index in [-0.39, 0.29) is 24.4 Å². The van der Waals surface area contributed by atoms with Crippen molar-refractivity contribution >= 4 is 34.2 Å². The SMILES string of the molecule is Cc1ccc(C(=O)N2CCCC(C(C)N)C2)c(Br)c1.Cl. The molecule has 1 aliphatic rings. The Balaban J connectivity index is 0.00000200. The fraction of sp³-hybridized carbons (Fsp3) is 0.533. The molecule has 1 aromatic rings. The lowest BCUT2D eigenvalue weighted by Gasteiger charge is -2.34. The minimum absolute atomic E-state index is 0. The van der Waals surface area contributed by atoms with Gasteiger partial charge >= 0.3 is 0 Å². The van der Waals surface area contributed by atoms with Crippen molar-refractivity contribution < 1.29 is 4.79 Å². The van der Waals surface area contributed by atoms with E-state index in [0.717, 1.165) is 41.5 Å². The summed E-state index contributed by atoms with van der Waals surface area (Å²) in [4.78, 5) is 14.5. The number of nitrogens with zero attached hydrogens (tertiary/aromatic N) is 1. The summed E-state index contributed by atoms with van der Waals surface area (Å²) in [5.74, 6) is 0.527. The van der Waals surface area contributed by atoms with Gasteiger partial charge in [-0.15, -0.1) is 12.4 Å². The second-order valence-electron chi connectivity index (χ2n) is 5.50. The molecule has 0 radical (unpaired) electrons. The zero-order valence-corrected chi connectivity index (χ0v) is 14.3. The molecule has 20 heavy (non-hydrogen) atoms.